The molecule has 1 aliphatic heterocycles. The van der Waals surface area contributed by atoms with Crippen molar-refractivity contribution in [2.45, 2.75) is 32.6 Å². The van der Waals surface area contributed by atoms with Crippen LogP contribution in [0.5, 0.6) is 0 Å². The van der Waals surface area contributed by atoms with Crippen LogP contribution in [0.25, 0.3) is 0 Å². The van der Waals surface area contributed by atoms with Crippen LogP contribution in [0, 0.1) is 5.92 Å². The molecule has 1 atom stereocenters. The molecule has 0 aliphatic carbocycles. The summed E-state index contributed by atoms with van der Waals surface area (Å²) in [4.78, 5) is 4.19. The largest absolute Gasteiger partial charge is 0.381 e. The van der Waals surface area contributed by atoms with Crippen molar-refractivity contribution >= 4 is 5.95 Å². The van der Waals surface area contributed by atoms with E-state index in [0.29, 0.717) is 17.8 Å². The van der Waals surface area contributed by atoms with Crippen LogP contribution in [0.1, 0.15) is 32.1 Å². The highest BCUT2D eigenvalue weighted by atomic mass is 16.5. The third-order valence-corrected chi connectivity index (χ3v) is 2.86. The molecule has 1 saturated heterocycles. The minimum Gasteiger partial charge on any atom is -0.381 e. The van der Waals surface area contributed by atoms with Gasteiger partial charge in [0.1, 0.15) is 0 Å². The fourth-order valence-corrected chi connectivity index (χ4v) is 1.89. The smallest absolute Gasteiger partial charge is 0.263 e. The number of nitrogens with one attached hydrogen (secondary N) is 1. The summed E-state index contributed by atoms with van der Waals surface area (Å²) >= 11 is 0. The lowest BCUT2D eigenvalue weighted by Gasteiger charge is -2.21. The molecule has 2 rings (SSSR count). The van der Waals surface area contributed by atoms with E-state index >= 15 is 0 Å². The van der Waals surface area contributed by atoms with Gasteiger partial charge in [-0.25, -0.2) is 0 Å². The van der Waals surface area contributed by atoms with Crippen molar-refractivity contribution in [3.63, 3.8) is 0 Å². The number of anilines is 1. The second-order valence-electron chi connectivity index (χ2n) is 4.16. The molecule has 5 nitrogen and oxygen atoms in total. The number of rotatable bonds is 5. The predicted molar refractivity (Wildman–Crippen MR) is 60.3 cm³/mol. The Bertz CT molecular complexity index is 308. The molecule has 0 aromatic carbocycles. The lowest BCUT2D eigenvalue weighted by molar-refractivity contribution is 0.0530. The molecule has 0 spiro atoms. The maximum Gasteiger partial charge on any atom is 0.263 e. The fraction of sp³-hybridized carbons (Fsp3) is 0.818. The van der Waals surface area contributed by atoms with Crippen molar-refractivity contribution in [1.29, 1.82) is 0 Å². The van der Waals surface area contributed by atoms with Crippen molar-refractivity contribution in [2.24, 2.45) is 5.92 Å². The zero-order chi connectivity index (χ0) is 11.2. The molecule has 1 aliphatic rings. The van der Waals surface area contributed by atoms with Crippen LogP contribution < -0.4 is 5.32 Å². The van der Waals surface area contributed by atoms with Gasteiger partial charge >= 0.3 is 0 Å². The summed E-state index contributed by atoms with van der Waals surface area (Å²) in [5.41, 5.74) is 0. The maximum atomic E-state index is 5.43. The minimum absolute atomic E-state index is 0.605. The van der Waals surface area contributed by atoms with Gasteiger partial charge in [0.05, 0.1) is 0 Å². The highest BCUT2D eigenvalue weighted by Gasteiger charge is 2.13. The Hall–Kier alpha value is -1.10. The Labute approximate surface area is 95.6 Å². The molecule has 1 fully saturated rings. The number of hydrogen-bond donors (Lipinski definition) is 1. The molecular formula is C11H19N3O2. The zero-order valence-corrected chi connectivity index (χ0v) is 9.74. The van der Waals surface area contributed by atoms with Crippen LogP contribution in [-0.4, -0.2) is 29.9 Å². The molecule has 16 heavy (non-hydrogen) atoms. The molecule has 0 radical (unpaired) electrons. The van der Waals surface area contributed by atoms with Crippen LogP contribution in [0.2, 0.25) is 0 Å². The molecule has 0 unspecified atom stereocenters. The third kappa shape index (κ3) is 3.20. The average molecular weight is 225 g/mol. The quantitative estimate of drug-likeness (QED) is 0.828. The Morgan fingerprint density at radius 3 is 3.12 bits per heavy atom. The van der Waals surface area contributed by atoms with Crippen LogP contribution in [-0.2, 0) is 11.2 Å². The molecule has 5 heteroatoms. The molecule has 0 saturated carbocycles. The van der Waals surface area contributed by atoms with E-state index in [1.165, 1.54) is 12.8 Å². The van der Waals surface area contributed by atoms with Crippen LogP contribution in [0.4, 0.5) is 5.95 Å². The predicted octanol–water partition coefficient (Wildman–Crippen LogP) is 1.86. The van der Waals surface area contributed by atoms with Gasteiger partial charge in [0, 0.05) is 26.2 Å². The first-order chi connectivity index (χ1) is 7.88. The molecule has 1 aromatic heterocycles. The minimum atomic E-state index is 0.605. The number of ether oxygens (including phenoxy) is 1. The van der Waals surface area contributed by atoms with Crippen LogP contribution in [0.15, 0.2) is 4.52 Å². The number of aromatic nitrogens is 2. The summed E-state index contributed by atoms with van der Waals surface area (Å²) in [5.74, 6) is 1.97. The van der Waals surface area contributed by atoms with Crippen molar-refractivity contribution in [1.82, 2.24) is 10.1 Å². The lowest BCUT2D eigenvalue weighted by Crippen LogP contribution is -2.20. The van der Waals surface area contributed by atoms with Crippen molar-refractivity contribution < 1.29 is 9.26 Å². The molecule has 1 N–H and O–H groups in total. The van der Waals surface area contributed by atoms with E-state index in [2.05, 4.69) is 15.5 Å². The Kier molecular flexibility index (Phi) is 4.16. The Balaban J connectivity index is 1.66. The topological polar surface area (TPSA) is 60.2 Å². The number of hydrogen-bond acceptors (Lipinski definition) is 5. The third-order valence-electron chi connectivity index (χ3n) is 2.86. The van der Waals surface area contributed by atoms with E-state index in [9.17, 15) is 0 Å². The first kappa shape index (κ1) is 11.4. The van der Waals surface area contributed by atoms with E-state index in [0.717, 1.165) is 32.6 Å². The van der Waals surface area contributed by atoms with Gasteiger partial charge in [-0.05, 0) is 30.3 Å². The van der Waals surface area contributed by atoms with Crippen molar-refractivity contribution in [2.75, 3.05) is 25.1 Å². The average Bonchev–Trinajstić information content (AvgIpc) is 2.78. The first-order valence-electron chi connectivity index (χ1n) is 6.02. The number of aryl methyl sites for hydroxylation is 1. The summed E-state index contributed by atoms with van der Waals surface area (Å²) in [6.45, 7) is 4.70. The van der Waals surface area contributed by atoms with E-state index in [-0.39, 0.29) is 0 Å². The summed E-state index contributed by atoms with van der Waals surface area (Å²) in [6.07, 6.45) is 4.35. The van der Waals surface area contributed by atoms with Crippen molar-refractivity contribution in [3.05, 3.63) is 5.89 Å². The van der Waals surface area contributed by atoms with E-state index in [1.807, 2.05) is 6.92 Å². The second-order valence-corrected chi connectivity index (χ2v) is 4.16. The van der Waals surface area contributed by atoms with E-state index in [4.69, 9.17) is 9.26 Å². The first-order valence-corrected chi connectivity index (χ1v) is 6.02. The summed E-state index contributed by atoms with van der Waals surface area (Å²) in [6, 6.07) is 0. The fourth-order valence-electron chi connectivity index (χ4n) is 1.89. The molecule has 2 heterocycles. The molecular weight excluding hydrogens is 206 g/mol. The summed E-state index contributed by atoms with van der Waals surface area (Å²) < 4.78 is 10.4. The van der Waals surface area contributed by atoms with Gasteiger partial charge < -0.3 is 14.6 Å². The normalized spacial score (nSPS) is 20.9. The van der Waals surface area contributed by atoms with Gasteiger partial charge in [-0.1, -0.05) is 6.92 Å². The maximum absolute atomic E-state index is 5.43. The zero-order valence-electron chi connectivity index (χ0n) is 9.74. The van der Waals surface area contributed by atoms with E-state index in [1.54, 1.807) is 0 Å². The standard InChI is InChI=1S/C11H19N3O2/c1-2-10-13-11(14-16-10)12-6-5-9-4-3-7-15-8-9/h9H,2-8H2,1H3,(H,12,14)/t9-/m1/s1. The van der Waals surface area contributed by atoms with Gasteiger partial charge in [0.2, 0.25) is 5.89 Å². The van der Waals surface area contributed by atoms with Gasteiger partial charge in [0.15, 0.2) is 0 Å². The molecule has 90 valence electrons. The van der Waals surface area contributed by atoms with Gasteiger partial charge in [-0.3, -0.25) is 0 Å². The second kappa shape index (κ2) is 5.84. The monoisotopic (exact) mass is 225 g/mol. The number of nitrogens with zero attached hydrogens (tertiary/aromatic N) is 2. The van der Waals surface area contributed by atoms with Crippen LogP contribution in [0.3, 0.4) is 0 Å². The summed E-state index contributed by atoms with van der Waals surface area (Å²) in [5, 5.41) is 7.02. The summed E-state index contributed by atoms with van der Waals surface area (Å²) in [7, 11) is 0. The Morgan fingerprint density at radius 2 is 2.44 bits per heavy atom. The molecule has 0 bridgehead atoms. The highest BCUT2D eigenvalue weighted by molar-refractivity contribution is 5.20. The Morgan fingerprint density at radius 1 is 1.50 bits per heavy atom. The van der Waals surface area contributed by atoms with E-state index < -0.39 is 0 Å². The lowest BCUT2D eigenvalue weighted by atomic mass is 9.99. The van der Waals surface area contributed by atoms with Crippen molar-refractivity contribution in [3.8, 4) is 0 Å². The van der Waals surface area contributed by atoms with Gasteiger partial charge in [0.25, 0.3) is 5.95 Å². The molecule has 0 amide bonds. The SMILES string of the molecule is CCc1nc(NCC[C@H]2CCCOC2)no1. The van der Waals surface area contributed by atoms with Gasteiger partial charge in [-0.15, -0.1) is 0 Å². The van der Waals surface area contributed by atoms with Crippen LogP contribution >= 0.6 is 0 Å². The van der Waals surface area contributed by atoms with Gasteiger partial charge in [-0.2, -0.15) is 4.98 Å². The molecule has 1 aromatic rings. The highest BCUT2D eigenvalue weighted by Crippen LogP contribution is 2.16.